The molecule has 1 heterocycles. The first kappa shape index (κ1) is 24.1. The number of nitrogens with one attached hydrogen (secondary N) is 2. The van der Waals surface area contributed by atoms with Crippen LogP contribution >= 0.6 is 46.4 Å². The third kappa shape index (κ3) is 4.91. The Morgan fingerprint density at radius 3 is 2.09 bits per heavy atom. The van der Waals surface area contributed by atoms with E-state index in [4.69, 9.17) is 46.4 Å². The first-order valence-electron chi connectivity index (χ1n) is 9.83. The molecule has 0 atom stereocenters. The smallest absolute Gasteiger partial charge is 0.283 e. The number of carbonyl (C=O) groups is 3. The van der Waals surface area contributed by atoms with E-state index >= 15 is 0 Å². The molecule has 0 saturated heterocycles. The molecule has 3 aromatic carbocycles. The molecule has 2 N–H and O–H groups in total. The summed E-state index contributed by atoms with van der Waals surface area (Å²) >= 11 is 24.1. The van der Waals surface area contributed by atoms with Crippen LogP contribution in [0.15, 0.2) is 71.4 Å². The van der Waals surface area contributed by atoms with Crippen LogP contribution in [0.25, 0.3) is 0 Å². The van der Waals surface area contributed by atoms with E-state index in [9.17, 15) is 14.4 Å². The molecule has 0 radical (unpaired) electrons. The van der Waals surface area contributed by atoms with Crippen molar-refractivity contribution in [3.8, 4) is 0 Å². The summed E-state index contributed by atoms with van der Waals surface area (Å²) in [6, 6.07) is 15.8. The second-order valence-corrected chi connectivity index (χ2v) is 9.07. The van der Waals surface area contributed by atoms with Gasteiger partial charge in [0.25, 0.3) is 17.7 Å². The summed E-state index contributed by atoms with van der Waals surface area (Å²) in [5.41, 5.74) is 2.13. The summed E-state index contributed by atoms with van der Waals surface area (Å²) in [4.78, 5) is 39.4. The topological polar surface area (TPSA) is 78.5 Å². The third-order valence-electron chi connectivity index (χ3n) is 4.99. The van der Waals surface area contributed by atoms with Crippen LogP contribution in [0.3, 0.4) is 0 Å². The molecule has 0 unspecified atom stereocenters. The number of imide groups is 1. The molecule has 6 nitrogen and oxygen atoms in total. The standard InChI is InChI=1S/C24H15Cl4N3O3/c1-12-2-3-13(22(32)29-17-10-15(26)9-16(27)11-17)8-19(12)30-21-20(28)23(33)31(24(21)34)18-6-4-14(25)5-7-18/h2-11,30H,1H3,(H,29,32). The van der Waals surface area contributed by atoms with Gasteiger partial charge in [-0.2, -0.15) is 0 Å². The fourth-order valence-corrected chi connectivity index (χ4v) is 4.16. The van der Waals surface area contributed by atoms with Crippen LogP contribution in [0.4, 0.5) is 17.1 Å². The van der Waals surface area contributed by atoms with Gasteiger partial charge in [-0.1, -0.05) is 52.5 Å². The van der Waals surface area contributed by atoms with Crippen molar-refractivity contribution in [3.63, 3.8) is 0 Å². The molecule has 0 aromatic heterocycles. The van der Waals surface area contributed by atoms with Crippen molar-refractivity contribution < 1.29 is 14.4 Å². The van der Waals surface area contributed by atoms with Crippen LogP contribution in [0.1, 0.15) is 15.9 Å². The molecule has 1 aliphatic rings. The quantitative estimate of drug-likeness (QED) is 0.359. The molecule has 4 rings (SSSR count). The summed E-state index contributed by atoms with van der Waals surface area (Å²) in [7, 11) is 0. The fourth-order valence-electron chi connectivity index (χ4n) is 3.30. The van der Waals surface area contributed by atoms with Gasteiger partial charge in [-0.25, -0.2) is 4.90 Å². The highest BCUT2D eigenvalue weighted by molar-refractivity contribution is 6.53. The van der Waals surface area contributed by atoms with Gasteiger partial charge in [0.15, 0.2) is 0 Å². The SMILES string of the molecule is Cc1ccc(C(=O)Nc2cc(Cl)cc(Cl)c2)cc1NC1=C(Cl)C(=O)N(c2ccc(Cl)cc2)C1=O. The zero-order valence-corrected chi connectivity index (χ0v) is 20.5. The lowest BCUT2D eigenvalue weighted by molar-refractivity contribution is -0.120. The van der Waals surface area contributed by atoms with Crippen LogP contribution in [0.5, 0.6) is 0 Å². The molecule has 0 spiro atoms. The molecule has 0 aliphatic carbocycles. The summed E-state index contributed by atoms with van der Waals surface area (Å²) in [5, 5.41) is 6.60. The summed E-state index contributed by atoms with van der Waals surface area (Å²) in [6.07, 6.45) is 0. The summed E-state index contributed by atoms with van der Waals surface area (Å²) < 4.78 is 0. The van der Waals surface area contributed by atoms with Crippen molar-refractivity contribution in [1.29, 1.82) is 0 Å². The second-order valence-electron chi connectivity index (χ2n) is 7.38. The Morgan fingerprint density at radius 1 is 0.794 bits per heavy atom. The van der Waals surface area contributed by atoms with Crippen molar-refractivity contribution in [1.82, 2.24) is 0 Å². The van der Waals surface area contributed by atoms with Gasteiger partial charge in [0, 0.05) is 32.0 Å². The zero-order chi connectivity index (χ0) is 24.6. The Morgan fingerprint density at radius 2 is 1.44 bits per heavy atom. The van der Waals surface area contributed by atoms with Crippen LogP contribution in [0, 0.1) is 6.92 Å². The van der Waals surface area contributed by atoms with E-state index in [-0.39, 0.29) is 10.7 Å². The van der Waals surface area contributed by atoms with Gasteiger partial charge in [0.05, 0.1) is 5.69 Å². The summed E-state index contributed by atoms with van der Waals surface area (Å²) in [5.74, 6) is -1.71. The van der Waals surface area contributed by atoms with E-state index < -0.39 is 17.7 Å². The zero-order valence-electron chi connectivity index (χ0n) is 17.5. The average Bonchev–Trinajstić information content (AvgIpc) is 2.98. The molecule has 0 fully saturated rings. The highest BCUT2D eigenvalue weighted by Gasteiger charge is 2.39. The number of hydrogen-bond acceptors (Lipinski definition) is 4. The van der Waals surface area contributed by atoms with Crippen molar-refractivity contribution >= 4 is 81.2 Å². The molecule has 1 aliphatic heterocycles. The number of amides is 3. The molecule has 3 aromatic rings. The number of benzene rings is 3. The minimum Gasteiger partial charge on any atom is -0.349 e. The summed E-state index contributed by atoms with van der Waals surface area (Å²) in [6.45, 7) is 1.79. The number of halogens is 4. The lowest BCUT2D eigenvalue weighted by Crippen LogP contribution is -2.32. The molecule has 10 heteroatoms. The van der Waals surface area contributed by atoms with E-state index in [0.29, 0.717) is 37.7 Å². The van der Waals surface area contributed by atoms with Gasteiger partial charge in [0.1, 0.15) is 10.7 Å². The Hall–Kier alpha value is -3.03. The Kier molecular flexibility index (Phi) is 6.86. The van der Waals surface area contributed by atoms with Crippen LogP contribution < -0.4 is 15.5 Å². The van der Waals surface area contributed by atoms with Gasteiger partial charge in [0.2, 0.25) is 0 Å². The lowest BCUT2D eigenvalue weighted by Gasteiger charge is -2.16. The van der Waals surface area contributed by atoms with E-state index in [1.165, 1.54) is 0 Å². The molecular formula is C24H15Cl4N3O3. The van der Waals surface area contributed by atoms with Crippen molar-refractivity contribution in [2.75, 3.05) is 15.5 Å². The predicted octanol–water partition coefficient (Wildman–Crippen LogP) is 6.64. The van der Waals surface area contributed by atoms with Crippen LogP contribution in [-0.2, 0) is 9.59 Å². The number of hydrogen-bond donors (Lipinski definition) is 2. The van der Waals surface area contributed by atoms with Crippen LogP contribution in [-0.4, -0.2) is 17.7 Å². The van der Waals surface area contributed by atoms with Crippen molar-refractivity contribution in [2.45, 2.75) is 6.92 Å². The highest BCUT2D eigenvalue weighted by Crippen LogP contribution is 2.32. The predicted molar refractivity (Wildman–Crippen MR) is 136 cm³/mol. The third-order valence-corrected chi connectivity index (χ3v) is 6.03. The minimum absolute atomic E-state index is 0.0936. The average molecular weight is 535 g/mol. The molecular weight excluding hydrogens is 520 g/mol. The fraction of sp³-hybridized carbons (Fsp3) is 0.0417. The van der Waals surface area contributed by atoms with E-state index in [2.05, 4.69) is 10.6 Å². The maximum absolute atomic E-state index is 13.0. The number of aryl methyl sites for hydroxylation is 1. The molecule has 0 saturated carbocycles. The maximum atomic E-state index is 13.0. The van der Waals surface area contributed by atoms with Gasteiger partial charge >= 0.3 is 0 Å². The normalized spacial score (nSPS) is 13.5. The maximum Gasteiger partial charge on any atom is 0.283 e. The van der Waals surface area contributed by atoms with Crippen LogP contribution in [0.2, 0.25) is 15.1 Å². The largest absolute Gasteiger partial charge is 0.349 e. The molecule has 0 bridgehead atoms. The first-order chi connectivity index (χ1) is 16.1. The number of rotatable bonds is 5. The van der Waals surface area contributed by atoms with Gasteiger partial charge < -0.3 is 10.6 Å². The molecule has 3 amide bonds. The van der Waals surface area contributed by atoms with Crippen molar-refractivity contribution in [3.05, 3.63) is 97.6 Å². The number of anilines is 3. The second kappa shape index (κ2) is 9.68. The Bertz CT molecular complexity index is 1350. The number of carbonyl (C=O) groups excluding carboxylic acids is 3. The highest BCUT2D eigenvalue weighted by atomic mass is 35.5. The van der Waals surface area contributed by atoms with Gasteiger partial charge in [-0.15, -0.1) is 0 Å². The van der Waals surface area contributed by atoms with Gasteiger partial charge in [-0.05, 0) is 67.1 Å². The lowest BCUT2D eigenvalue weighted by atomic mass is 10.1. The Labute approximate surface area is 215 Å². The molecule has 172 valence electrons. The van der Waals surface area contributed by atoms with E-state index in [1.807, 2.05) is 0 Å². The van der Waals surface area contributed by atoms with Crippen molar-refractivity contribution in [2.24, 2.45) is 0 Å². The van der Waals surface area contributed by atoms with E-state index in [0.717, 1.165) is 10.5 Å². The number of nitrogens with zero attached hydrogens (tertiary/aromatic N) is 1. The Balaban J connectivity index is 1.58. The van der Waals surface area contributed by atoms with Gasteiger partial charge in [-0.3, -0.25) is 14.4 Å². The molecule has 34 heavy (non-hydrogen) atoms. The minimum atomic E-state index is -0.666. The monoisotopic (exact) mass is 533 g/mol. The van der Waals surface area contributed by atoms with E-state index in [1.54, 1.807) is 67.6 Å². The first-order valence-corrected chi connectivity index (χ1v) is 11.3.